The van der Waals surface area contributed by atoms with E-state index in [0.29, 0.717) is 18.3 Å². The molecule has 9 atom stereocenters. The molecule has 5 heteroatoms. The van der Waals surface area contributed by atoms with Gasteiger partial charge in [-0.2, -0.15) is 0 Å². The van der Waals surface area contributed by atoms with Crippen LogP contribution in [-0.4, -0.2) is 36.5 Å². The van der Waals surface area contributed by atoms with E-state index < -0.39 is 5.41 Å². The fraction of sp³-hybridized carbons (Fsp3) is 0.879. The van der Waals surface area contributed by atoms with Gasteiger partial charge < -0.3 is 5.73 Å². The van der Waals surface area contributed by atoms with Gasteiger partial charge in [0.05, 0.1) is 6.61 Å². The van der Waals surface area contributed by atoms with E-state index in [0.717, 1.165) is 51.4 Å². The zero-order valence-electron chi connectivity index (χ0n) is 25.7. The van der Waals surface area contributed by atoms with Crippen molar-refractivity contribution in [2.75, 3.05) is 13.7 Å². The zero-order valence-corrected chi connectivity index (χ0v) is 25.7. The highest BCUT2D eigenvalue weighted by Gasteiger charge is 2.70. The molecule has 2 N–H and O–H groups in total. The van der Waals surface area contributed by atoms with E-state index in [4.69, 9.17) is 10.6 Å². The van der Waals surface area contributed by atoms with Crippen LogP contribution in [0.3, 0.4) is 0 Å². The fourth-order valence-electron chi connectivity index (χ4n) is 11.0. The van der Waals surface area contributed by atoms with Crippen molar-refractivity contribution in [2.45, 2.75) is 119 Å². The first-order chi connectivity index (χ1) is 17.5. The lowest BCUT2D eigenvalue weighted by Gasteiger charge is -2.70. The second-order valence-corrected chi connectivity index (χ2v) is 15.9. The number of allylic oxidation sites excluding steroid dienone is 2. The Balaban J connectivity index is 1.56. The van der Waals surface area contributed by atoms with Crippen LogP contribution in [0, 0.1) is 50.2 Å². The number of amides is 1. The van der Waals surface area contributed by atoms with Gasteiger partial charge in [0.1, 0.15) is 0 Å². The summed E-state index contributed by atoms with van der Waals surface area (Å²) in [5.41, 5.74) is 7.64. The quantitative estimate of drug-likeness (QED) is 0.415. The molecular formula is C33H54N2O3. The smallest absolute Gasteiger partial charge is 0.251 e. The third-order valence-corrected chi connectivity index (χ3v) is 13.8. The van der Waals surface area contributed by atoms with Crippen LogP contribution in [0.15, 0.2) is 11.6 Å². The van der Waals surface area contributed by atoms with Gasteiger partial charge in [0.15, 0.2) is 5.78 Å². The second kappa shape index (κ2) is 8.65. The predicted molar refractivity (Wildman–Crippen MR) is 152 cm³/mol. The van der Waals surface area contributed by atoms with Gasteiger partial charge >= 0.3 is 0 Å². The highest BCUT2D eigenvalue weighted by Crippen LogP contribution is 2.75. The minimum Gasteiger partial charge on any atom is -0.327 e. The second-order valence-electron chi connectivity index (χ2n) is 15.9. The Labute approximate surface area is 231 Å². The van der Waals surface area contributed by atoms with Crippen LogP contribution in [0.25, 0.3) is 0 Å². The van der Waals surface area contributed by atoms with Crippen molar-refractivity contribution in [2.24, 2.45) is 56.0 Å². The summed E-state index contributed by atoms with van der Waals surface area (Å²) in [6.07, 6.45) is 11.4. The summed E-state index contributed by atoms with van der Waals surface area (Å²) in [6.45, 7) is 19.0. The van der Waals surface area contributed by atoms with Crippen LogP contribution in [0.4, 0.5) is 0 Å². The number of hydrogen-bond acceptors (Lipinski definition) is 4. The molecule has 4 saturated carbocycles. The maximum atomic E-state index is 14.4. The SMILES string of the molecule is CCON(C)C(=O)[C@@]1(C)CC[C@]2(C)CC[C@]3(C)C(=CC(=O)[C@@H]4[C@@]5(C)CC[C@H](N)C(C)(C)C5CC[C@]43C)[C@@H]2C1. The predicted octanol–water partition coefficient (Wildman–Crippen LogP) is 6.70. The summed E-state index contributed by atoms with van der Waals surface area (Å²) in [5, 5.41) is 1.46. The Bertz CT molecular complexity index is 1050. The normalized spacial score (nSPS) is 49.6. The lowest BCUT2D eigenvalue weighted by molar-refractivity contribution is -0.196. The Morgan fingerprint density at radius 2 is 1.66 bits per heavy atom. The summed E-state index contributed by atoms with van der Waals surface area (Å²) in [6, 6.07) is 0.202. The van der Waals surface area contributed by atoms with Crippen LogP contribution in [0.2, 0.25) is 0 Å². The zero-order chi connectivity index (χ0) is 28.1. The number of hydrogen-bond donors (Lipinski definition) is 1. The first kappa shape index (κ1) is 28.3. The highest BCUT2D eigenvalue weighted by atomic mass is 16.7. The van der Waals surface area contributed by atoms with Crippen LogP contribution < -0.4 is 5.73 Å². The molecule has 5 aliphatic carbocycles. The van der Waals surface area contributed by atoms with Crippen molar-refractivity contribution in [3.8, 4) is 0 Å². The van der Waals surface area contributed by atoms with Crippen molar-refractivity contribution in [3.05, 3.63) is 11.6 Å². The lowest BCUT2D eigenvalue weighted by Crippen LogP contribution is -2.67. The number of rotatable bonds is 3. The van der Waals surface area contributed by atoms with Gasteiger partial charge in [0.2, 0.25) is 0 Å². The molecule has 0 saturated heterocycles. The van der Waals surface area contributed by atoms with Crippen molar-refractivity contribution in [1.29, 1.82) is 0 Å². The topological polar surface area (TPSA) is 72.6 Å². The number of hydroxylamine groups is 2. The van der Waals surface area contributed by atoms with Crippen molar-refractivity contribution < 1.29 is 14.4 Å². The maximum Gasteiger partial charge on any atom is 0.251 e. The summed E-state index contributed by atoms with van der Waals surface area (Å²) < 4.78 is 0. The van der Waals surface area contributed by atoms with Gasteiger partial charge in [0, 0.05) is 24.4 Å². The number of carbonyl (C=O) groups excluding carboxylic acids is 2. The van der Waals surface area contributed by atoms with E-state index in [1.807, 2.05) is 6.92 Å². The number of carbonyl (C=O) groups is 2. The third kappa shape index (κ3) is 3.55. The fourth-order valence-corrected chi connectivity index (χ4v) is 11.0. The van der Waals surface area contributed by atoms with Crippen LogP contribution in [0.1, 0.15) is 113 Å². The molecule has 0 aromatic heterocycles. The summed E-state index contributed by atoms with van der Waals surface area (Å²) in [7, 11) is 1.75. The minimum absolute atomic E-state index is 0.0213. The largest absolute Gasteiger partial charge is 0.327 e. The Morgan fingerprint density at radius 3 is 2.32 bits per heavy atom. The van der Waals surface area contributed by atoms with E-state index in [2.05, 4.69) is 54.5 Å². The van der Waals surface area contributed by atoms with Gasteiger partial charge in [-0.15, -0.1) is 0 Å². The van der Waals surface area contributed by atoms with Gasteiger partial charge in [-0.05, 0) is 110 Å². The molecule has 0 spiro atoms. The molecule has 5 rings (SSSR count). The molecule has 0 radical (unpaired) electrons. The molecule has 5 aliphatic rings. The summed E-state index contributed by atoms with van der Waals surface area (Å²) in [4.78, 5) is 33.6. The molecule has 214 valence electrons. The molecule has 1 unspecified atom stereocenters. The molecule has 5 nitrogen and oxygen atoms in total. The standard InChI is InChI=1S/C33H54N2O3/c1-10-38-35(9)27(37)30(5)16-15-29(4)17-18-32(7)21(22(29)20-30)19-23(36)26-31(6)13-12-25(34)28(2,3)24(31)11-14-33(26,32)8/h19,22,24-26H,10-18,20,34H2,1-9H3/t22-,24?,25-,26+,29+,30-,31-,32+,33+/m0/s1. The Kier molecular flexibility index (Phi) is 6.45. The third-order valence-electron chi connectivity index (χ3n) is 13.8. The molecule has 38 heavy (non-hydrogen) atoms. The molecule has 0 aliphatic heterocycles. The van der Waals surface area contributed by atoms with E-state index in [-0.39, 0.29) is 50.9 Å². The van der Waals surface area contributed by atoms with E-state index >= 15 is 0 Å². The van der Waals surface area contributed by atoms with E-state index in [9.17, 15) is 9.59 Å². The molecule has 1 amide bonds. The summed E-state index contributed by atoms with van der Waals surface area (Å²) in [5.74, 6) is 1.20. The van der Waals surface area contributed by atoms with Crippen molar-refractivity contribution in [3.63, 3.8) is 0 Å². The average molecular weight is 527 g/mol. The van der Waals surface area contributed by atoms with Gasteiger partial charge in [-0.1, -0.05) is 54.0 Å². The number of nitrogens with zero attached hydrogens (tertiary/aromatic N) is 1. The van der Waals surface area contributed by atoms with E-state index in [1.54, 1.807) is 7.05 Å². The molecule has 0 bridgehead atoms. The minimum atomic E-state index is -0.471. The molecule has 0 aromatic rings. The van der Waals surface area contributed by atoms with E-state index in [1.165, 1.54) is 17.1 Å². The van der Waals surface area contributed by atoms with Gasteiger partial charge in [0.25, 0.3) is 5.91 Å². The van der Waals surface area contributed by atoms with Crippen molar-refractivity contribution in [1.82, 2.24) is 5.06 Å². The maximum absolute atomic E-state index is 14.4. The molecular weight excluding hydrogens is 472 g/mol. The number of nitrogens with two attached hydrogens (primary N) is 1. The molecule has 0 heterocycles. The lowest BCUT2D eigenvalue weighted by atomic mass is 9.33. The molecule has 0 aromatic carbocycles. The highest BCUT2D eigenvalue weighted by molar-refractivity contribution is 5.95. The first-order valence-corrected chi connectivity index (χ1v) is 15.4. The monoisotopic (exact) mass is 526 g/mol. The van der Waals surface area contributed by atoms with Gasteiger partial charge in [-0.3, -0.25) is 14.4 Å². The molecule has 4 fully saturated rings. The summed E-state index contributed by atoms with van der Waals surface area (Å²) >= 11 is 0. The van der Waals surface area contributed by atoms with Crippen molar-refractivity contribution >= 4 is 11.7 Å². The van der Waals surface area contributed by atoms with Crippen LogP contribution in [0.5, 0.6) is 0 Å². The Hall–Kier alpha value is -1.20. The number of ketones is 1. The number of fused-ring (bicyclic) bond motifs is 7. The Morgan fingerprint density at radius 1 is 1.00 bits per heavy atom. The first-order valence-electron chi connectivity index (χ1n) is 15.4. The van der Waals surface area contributed by atoms with Gasteiger partial charge in [-0.25, -0.2) is 5.06 Å². The van der Waals surface area contributed by atoms with Crippen LogP contribution in [-0.2, 0) is 14.4 Å². The van der Waals surface area contributed by atoms with Crippen LogP contribution >= 0.6 is 0 Å². The average Bonchev–Trinajstić information content (AvgIpc) is 2.84.